The van der Waals surface area contributed by atoms with Crippen molar-refractivity contribution in [3.05, 3.63) is 90.1 Å². The van der Waals surface area contributed by atoms with Gasteiger partial charge >= 0.3 is 0 Å². The quantitative estimate of drug-likeness (QED) is 0.532. The lowest BCUT2D eigenvalue weighted by atomic mass is 9.90. The second-order valence-electron chi connectivity index (χ2n) is 7.09. The summed E-state index contributed by atoms with van der Waals surface area (Å²) in [5.74, 6) is 0.397. The molecule has 0 aliphatic heterocycles. The summed E-state index contributed by atoms with van der Waals surface area (Å²) in [4.78, 5) is 0. The van der Waals surface area contributed by atoms with E-state index in [0.717, 1.165) is 11.1 Å². The second-order valence-corrected chi connectivity index (χ2v) is 8.14. The molecule has 2 N–H and O–H groups in total. The molecule has 0 spiro atoms. The van der Waals surface area contributed by atoms with Crippen LogP contribution < -0.4 is 5.73 Å². The number of hydrogen-bond acceptors (Lipinski definition) is 2. The zero-order valence-electron chi connectivity index (χ0n) is 15.2. The Morgan fingerprint density at radius 1 is 1.12 bits per heavy atom. The van der Waals surface area contributed by atoms with Gasteiger partial charge in [0.1, 0.15) is 0 Å². The van der Waals surface area contributed by atoms with Crippen LogP contribution in [0.5, 0.6) is 0 Å². The SMILES string of the molecule is C=C(/C=C(/c1cccc2c1sc1ccccc12)C(C)C)C1=CC=CC1N. The van der Waals surface area contributed by atoms with Gasteiger partial charge in [-0.3, -0.25) is 0 Å². The van der Waals surface area contributed by atoms with Crippen LogP contribution in [0.3, 0.4) is 0 Å². The van der Waals surface area contributed by atoms with Gasteiger partial charge in [0, 0.05) is 26.2 Å². The Kier molecular flexibility index (Phi) is 4.39. The molecule has 1 atom stereocenters. The summed E-state index contributed by atoms with van der Waals surface area (Å²) in [5, 5.41) is 2.67. The van der Waals surface area contributed by atoms with Crippen molar-refractivity contribution in [2.45, 2.75) is 19.9 Å². The maximum atomic E-state index is 6.17. The lowest BCUT2D eigenvalue weighted by molar-refractivity contribution is 0.855. The molecule has 2 aromatic carbocycles. The number of allylic oxidation sites excluding steroid dienone is 4. The molecule has 2 heteroatoms. The predicted octanol–water partition coefficient (Wildman–Crippen LogP) is 6.47. The number of thiophene rings is 1. The van der Waals surface area contributed by atoms with Crippen LogP contribution in [-0.2, 0) is 0 Å². The molecule has 4 rings (SSSR count). The zero-order valence-corrected chi connectivity index (χ0v) is 16.0. The number of nitrogens with two attached hydrogens (primary N) is 1. The number of hydrogen-bond donors (Lipinski definition) is 1. The summed E-state index contributed by atoms with van der Waals surface area (Å²) in [6.45, 7) is 8.78. The van der Waals surface area contributed by atoms with Gasteiger partial charge in [0.15, 0.2) is 0 Å². The fourth-order valence-corrected chi connectivity index (χ4v) is 4.85. The summed E-state index contributed by atoms with van der Waals surface area (Å²) in [6.07, 6.45) is 8.32. The van der Waals surface area contributed by atoms with Crippen molar-refractivity contribution in [2.75, 3.05) is 0 Å². The van der Waals surface area contributed by atoms with Crippen LogP contribution in [-0.4, -0.2) is 6.04 Å². The number of rotatable bonds is 4. The molecule has 26 heavy (non-hydrogen) atoms. The molecule has 1 nitrogen and oxygen atoms in total. The lowest BCUT2D eigenvalue weighted by Crippen LogP contribution is -2.18. The van der Waals surface area contributed by atoms with Gasteiger partial charge in [-0.1, -0.05) is 81.1 Å². The fraction of sp³-hybridized carbons (Fsp3) is 0.167. The van der Waals surface area contributed by atoms with Crippen molar-refractivity contribution < 1.29 is 0 Å². The third kappa shape index (κ3) is 2.86. The summed E-state index contributed by atoms with van der Waals surface area (Å²) in [6, 6.07) is 15.2. The highest BCUT2D eigenvalue weighted by Crippen LogP contribution is 2.40. The minimum Gasteiger partial charge on any atom is -0.321 e. The topological polar surface area (TPSA) is 26.0 Å². The molecule has 0 saturated heterocycles. The van der Waals surface area contributed by atoms with Gasteiger partial charge in [0.2, 0.25) is 0 Å². The predicted molar refractivity (Wildman–Crippen MR) is 116 cm³/mol. The Labute approximate surface area is 158 Å². The third-order valence-corrected chi connectivity index (χ3v) is 6.21. The third-order valence-electron chi connectivity index (χ3n) is 4.99. The summed E-state index contributed by atoms with van der Waals surface area (Å²) in [5.41, 5.74) is 10.9. The first-order valence-electron chi connectivity index (χ1n) is 9.01. The highest BCUT2D eigenvalue weighted by molar-refractivity contribution is 7.26. The Hall–Kier alpha value is -2.42. The standard InChI is InChI=1S/C24H23NS/c1-15(2)21(14-16(3)17-9-7-12-22(17)25)20-11-6-10-19-18-8-4-5-13-23(18)26-24(19)20/h4-15,22H,3,25H2,1-2H3/b21-14+. The molecule has 1 unspecified atom stereocenters. The van der Waals surface area contributed by atoms with E-state index < -0.39 is 0 Å². The minimum absolute atomic E-state index is 0.0488. The van der Waals surface area contributed by atoms with Crippen molar-refractivity contribution in [3.63, 3.8) is 0 Å². The Morgan fingerprint density at radius 3 is 2.62 bits per heavy atom. The van der Waals surface area contributed by atoms with Gasteiger partial charge in [-0.2, -0.15) is 0 Å². The highest BCUT2D eigenvalue weighted by atomic mass is 32.1. The van der Waals surface area contributed by atoms with E-state index in [1.54, 1.807) is 0 Å². The normalized spacial score (nSPS) is 17.5. The minimum atomic E-state index is -0.0488. The molecule has 0 fully saturated rings. The molecule has 0 saturated carbocycles. The van der Waals surface area contributed by atoms with Crippen molar-refractivity contribution in [1.29, 1.82) is 0 Å². The second kappa shape index (κ2) is 6.71. The molecule has 130 valence electrons. The Bertz CT molecular complexity index is 1090. The van der Waals surface area contributed by atoms with E-state index in [-0.39, 0.29) is 6.04 Å². The monoisotopic (exact) mass is 357 g/mol. The largest absolute Gasteiger partial charge is 0.321 e. The first-order chi connectivity index (χ1) is 12.6. The molecular formula is C24H23NS. The Morgan fingerprint density at radius 2 is 1.88 bits per heavy atom. The molecule has 0 radical (unpaired) electrons. The van der Waals surface area contributed by atoms with Gasteiger partial charge in [-0.05, 0) is 34.3 Å². The van der Waals surface area contributed by atoms with Crippen LogP contribution in [0.15, 0.2) is 84.5 Å². The Balaban J connectivity index is 1.88. The molecule has 0 bridgehead atoms. The molecule has 1 aromatic heterocycles. The van der Waals surface area contributed by atoms with Crippen LogP contribution in [0.4, 0.5) is 0 Å². The van der Waals surface area contributed by atoms with E-state index in [1.165, 1.54) is 31.3 Å². The molecule has 3 aromatic rings. The number of benzene rings is 2. The van der Waals surface area contributed by atoms with Crippen molar-refractivity contribution in [1.82, 2.24) is 0 Å². The maximum Gasteiger partial charge on any atom is 0.0489 e. The average molecular weight is 358 g/mol. The van der Waals surface area contributed by atoms with Gasteiger partial charge in [0.25, 0.3) is 0 Å². The summed E-state index contributed by atoms with van der Waals surface area (Å²) >= 11 is 1.87. The smallest absolute Gasteiger partial charge is 0.0489 e. The lowest BCUT2D eigenvalue weighted by Gasteiger charge is -2.16. The van der Waals surface area contributed by atoms with Gasteiger partial charge in [0.05, 0.1) is 0 Å². The molecule has 1 aliphatic carbocycles. The van der Waals surface area contributed by atoms with Gasteiger partial charge in [-0.15, -0.1) is 11.3 Å². The molecule has 1 aliphatic rings. The van der Waals surface area contributed by atoms with Crippen LogP contribution in [0.2, 0.25) is 0 Å². The fourth-order valence-electron chi connectivity index (χ4n) is 3.62. The van der Waals surface area contributed by atoms with Crippen molar-refractivity contribution >= 4 is 37.1 Å². The average Bonchev–Trinajstić information content (AvgIpc) is 3.22. The van der Waals surface area contributed by atoms with E-state index in [2.05, 4.69) is 75.0 Å². The van der Waals surface area contributed by atoms with Crippen LogP contribution in [0.1, 0.15) is 19.4 Å². The van der Waals surface area contributed by atoms with Crippen molar-refractivity contribution in [2.24, 2.45) is 11.7 Å². The summed E-state index contributed by atoms with van der Waals surface area (Å²) in [7, 11) is 0. The van der Waals surface area contributed by atoms with Gasteiger partial charge in [-0.25, -0.2) is 0 Å². The molecular weight excluding hydrogens is 334 g/mol. The van der Waals surface area contributed by atoms with E-state index in [9.17, 15) is 0 Å². The first kappa shape index (κ1) is 17.0. The van der Waals surface area contributed by atoms with E-state index >= 15 is 0 Å². The van der Waals surface area contributed by atoms with Crippen LogP contribution in [0.25, 0.3) is 25.7 Å². The van der Waals surface area contributed by atoms with Crippen molar-refractivity contribution in [3.8, 4) is 0 Å². The van der Waals surface area contributed by atoms with E-state index in [4.69, 9.17) is 5.73 Å². The number of fused-ring (bicyclic) bond motifs is 3. The van der Waals surface area contributed by atoms with Crippen LogP contribution >= 0.6 is 11.3 Å². The molecule has 0 amide bonds. The first-order valence-corrected chi connectivity index (χ1v) is 9.83. The van der Waals surface area contributed by atoms with Gasteiger partial charge < -0.3 is 5.73 Å². The summed E-state index contributed by atoms with van der Waals surface area (Å²) < 4.78 is 2.69. The highest BCUT2D eigenvalue weighted by Gasteiger charge is 2.17. The van der Waals surface area contributed by atoms with Crippen LogP contribution in [0, 0.1) is 5.92 Å². The zero-order chi connectivity index (χ0) is 18.3. The molecule has 1 heterocycles. The van der Waals surface area contributed by atoms with E-state index in [1.807, 2.05) is 23.5 Å². The maximum absolute atomic E-state index is 6.17. The van der Waals surface area contributed by atoms with E-state index in [0.29, 0.717) is 5.92 Å².